The van der Waals surface area contributed by atoms with E-state index in [0.29, 0.717) is 11.3 Å². The molecule has 4 aromatic carbocycles. The van der Waals surface area contributed by atoms with Gasteiger partial charge in [-0.15, -0.1) is 0 Å². The number of rotatable bonds is 5. The predicted octanol–water partition coefficient (Wildman–Crippen LogP) is 5.63. The molecule has 0 saturated carbocycles. The van der Waals surface area contributed by atoms with E-state index in [0.717, 1.165) is 49.8 Å². The van der Waals surface area contributed by atoms with Crippen molar-refractivity contribution in [1.82, 2.24) is 25.7 Å². The molecule has 0 fully saturated rings. The monoisotopic (exact) mass is 553 g/mol. The van der Waals surface area contributed by atoms with Gasteiger partial charge in [0.15, 0.2) is 0 Å². The van der Waals surface area contributed by atoms with Crippen molar-refractivity contribution < 1.29 is 14.4 Å². The van der Waals surface area contributed by atoms with Crippen LogP contribution in [0.15, 0.2) is 103 Å². The van der Waals surface area contributed by atoms with Crippen LogP contribution in [0.5, 0.6) is 0 Å². The fraction of sp³-hybridized carbons (Fsp3) is 0.0882. The third kappa shape index (κ3) is 4.30. The molecule has 7 rings (SSSR count). The zero-order chi connectivity index (χ0) is 28.8. The zero-order valence-electron chi connectivity index (χ0n) is 22.8. The van der Waals surface area contributed by atoms with Gasteiger partial charge in [-0.05, 0) is 48.4 Å². The van der Waals surface area contributed by atoms with E-state index < -0.39 is 17.9 Å². The van der Waals surface area contributed by atoms with Gasteiger partial charge in [0.2, 0.25) is 0 Å². The summed E-state index contributed by atoms with van der Waals surface area (Å²) >= 11 is 0. The predicted molar refractivity (Wildman–Crippen MR) is 162 cm³/mol. The quantitative estimate of drug-likeness (QED) is 0.208. The molecular formula is C34H27N5O3. The number of amides is 3. The largest absolute Gasteiger partial charge is 0.354 e. The van der Waals surface area contributed by atoms with Crippen LogP contribution >= 0.6 is 0 Å². The summed E-state index contributed by atoms with van der Waals surface area (Å²) in [7, 11) is 0. The van der Waals surface area contributed by atoms with E-state index in [1.165, 1.54) is 0 Å². The zero-order valence-corrected chi connectivity index (χ0v) is 22.8. The molecule has 0 radical (unpaired) electrons. The first-order chi connectivity index (χ1) is 20.5. The van der Waals surface area contributed by atoms with E-state index in [1.54, 1.807) is 17.0 Å². The Morgan fingerprint density at radius 1 is 0.810 bits per heavy atom. The van der Waals surface area contributed by atoms with Gasteiger partial charge < -0.3 is 14.9 Å². The van der Waals surface area contributed by atoms with Crippen molar-refractivity contribution in [2.75, 3.05) is 6.54 Å². The normalized spacial score (nSPS) is 14.4. The highest BCUT2D eigenvalue weighted by Crippen LogP contribution is 2.45. The average Bonchev–Trinajstić information content (AvgIpc) is 3.68. The Hall–Kier alpha value is -5.63. The van der Waals surface area contributed by atoms with E-state index in [1.807, 2.05) is 97.9 Å². The number of carbonyl (C=O) groups is 3. The van der Waals surface area contributed by atoms with E-state index in [4.69, 9.17) is 0 Å². The Bertz CT molecular complexity index is 2010. The summed E-state index contributed by atoms with van der Waals surface area (Å²) in [4.78, 5) is 48.0. The van der Waals surface area contributed by atoms with Gasteiger partial charge in [-0.1, -0.05) is 78.4 Å². The molecule has 0 bridgehead atoms. The summed E-state index contributed by atoms with van der Waals surface area (Å²) < 4.78 is 0. The number of aromatic nitrogens is 2. The molecule has 8 nitrogen and oxygen atoms in total. The van der Waals surface area contributed by atoms with Crippen LogP contribution in [0.4, 0.5) is 0 Å². The maximum atomic E-state index is 13.8. The molecule has 1 aliphatic heterocycles. The molecule has 206 valence electrons. The van der Waals surface area contributed by atoms with Gasteiger partial charge in [-0.25, -0.2) is 0 Å². The van der Waals surface area contributed by atoms with E-state index in [2.05, 4.69) is 20.8 Å². The van der Waals surface area contributed by atoms with Crippen LogP contribution in [0.3, 0.4) is 0 Å². The van der Waals surface area contributed by atoms with Crippen LogP contribution in [0.2, 0.25) is 0 Å². The Labute approximate surface area is 241 Å². The fourth-order valence-corrected chi connectivity index (χ4v) is 5.89. The Balaban J connectivity index is 1.20. The Morgan fingerprint density at radius 3 is 2.43 bits per heavy atom. The van der Waals surface area contributed by atoms with E-state index in [-0.39, 0.29) is 12.5 Å². The molecule has 0 aliphatic carbocycles. The van der Waals surface area contributed by atoms with Gasteiger partial charge in [0, 0.05) is 32.9 Å². The molecule has 1 atom stereocenters. The average molecular weight is 554 g/mol. The fourth-order valence-electron chi connectivity index (χ4n) is 5.89. The molecule has 1 aliphatic rings. The SMILES string of the molecule is Cc1ccc2[nH]c(C(=O)NNC(=O)CN3C(=O)c4ccccc4C3c3c(-c4ccccc4)[nH]c4ccccc34)cc2c1. The summed E-state index contributed by atoms with van der Waals surface area (Å²) in [6, 6.07) is 32.4. The minimum Gasteiger partial charge on any atom is -0.354 e. The number of hydrogen-bond donors (Lipinski definition) is 4. The number of aromatic amines is 2. The first-order valence-corrected chi connectivity index (χ1v) is 13.7. The lowest BCUT2D eigenvalue weighted by Gasteiger charge is -2.26. The molecule has 8 heteroatoms. The summed E-state index contributed by atoms with van der Waals surface area (Å²) in [6.07, 6.45) is 0. The third-order valence-electron chi connectivity index (χ3n) is 7.79. The lowest BCUT2D eigenvalue weighted by molar-refractivity contribution is -0.122. The number of hydrazine groups is 1. The topological polar surface area (TPSA) is 110 Å². The Morgan fingerprint density at radius 2 is 1.57 bits per heavy atom. The van der Waals surface area contributed by atoms with Crippen LogP contribution in [-0.4, -0.2) is 39.1 Å². The molecule has 0 saturated heterocycles. The van der Waals surface area contributed by atoms with Crippen LogP contribution in [0.25, 0.3) is 33.1 Å². The third-order valence-corrected chi connectivity index (χ3v) is 7.79. The van der Waals surface area contributed by atoms with Crippen molar-refractivity contribution in [3.8, 4) is 11.3 Å². The highest BCUT2D eigenvalue weighted by atomic mass is 16.2. The molecule has 3 amide bonds. The van der Waals surface area contributed by atoms with E-state index >= 15 is 0 Å². The molecule has 6 aromatic rings. The van der Waals surface area contributed by atoms with Gasteiger partial charge >= 0.3 is 0 Å². The molecule has 1 unspecified atom stereocenters. The van der Waals surface area contributed by atoms with Crippen LogP contribution < -0.4 is 10.9 Å². The van der Waals surface area contributed by atoms with Crippen molar-refractivity contribution in [3.63, 3.8) is 0 Å². The van der Waals surface area contributed by atoms with E-state index in [9.17, 15) is 14.4 Å². The molecule has 0 spiro atoms. The van der Waals surface area contributed by atoms with Gasteiger partial charge in [0.1, 0.15) is 12.2 Å². The second-order valence-electron chi connectivity index (χ2n) is 10.5. The van der Waals surface area contributed by atoms with Crippen LogP contribution in [-0.2, 0) is 4.79 Å². The number of H-pyrrole nitrogens is 2. The lowest BCUT2D eigenvalue weighted by Crippen LogP contribution is -2.47. The summed E-state index contributed by atoms with van der Waals surface area (Å²) in [6.45, 7) is 1.73. The van der Waals surface area contributed by atoms with Gasteiger partial charge in [-0.3, -0.25) is 25.2 Å². The number of hydrogen-bond acceptors (Lipinski definition) is 3. The molecule has 42 heavy (non-hydrogen) atoms. The highest BCUT2D eigenvalue weighted by Gasteiger charge is 2.41. The van der Waals surface area contributed by atoms with Crippen molar-refractivity contribution in [2.24, 2.45) is 0 Å². The van der Waals surface area contributed by atoms with Crippen LogP contribution in [0.1, 0.15) is 43.6 Å². The minimum atomic E-state index is -0.515. The number of carbonyl (C=O) groups excluding carboxylic acids is 3. The molecule has 2 aromatic heterocycles. The van der Waals surface area contributed by atoms with Gasteiger partial charge in [-0.2, -0.15) is 0 Å². The first kappa shape index (κ1) is 25.3. The standard InChI is InChI=1S/C34H27N5O3/c1-20-15-16-26-22(17-20)18-28(35-26)33(41)38-37-29(40)19-39-32(23-11-5-6-12-24(23)34(39)42)30-25-13-7-8-14-27(25)36-31(30)21-9-3-2-4-10-21/h2-18,32,35-36H,19H2,1H3,(H,37,40)(H,38,41). The number of benzene rings is 4. The van der Waals surface area contributed by atoms with Crippen molar-refractivity contribution in [1.29, 1.82) is 0 Å². The maximum Gasteiger partial charge on any atom is 0.286 e. The number of nitrogens with one attached hydrogen (secondary N) is 4. The van der Waals surface area contributed by atoms with Crippen molar-refractivity contribution in [2.45, 2.75) is 13.0 Å². The van der Waals surface area contributed by atoms with Gasteiger partial charge in [0.05, 0.1) is 11.7 Å². The van der Waals surface area contributed by atoms with Gasteiger partial charge in [0.25, 0.3) is 17.7 Å². The number of fused-ring (bicyclic) bond motifs is 3. The molecule has 4 N–H and O–H groups in total. The van der Waals surface area contributed by atoms with Crippen molar-refractivity contribution in [3.05, 3.63) is 131 Å². The van der Waals surface area contributed by atoms with Crippen LogP contribution in [0, 0.1) is 6.92 Å². The maximum absolute atomic E-state index is 13.8. The molecule has 3 heterocycles. The number of aryl methyl sites for hydroxylation is 1. The summed E-state index contributed by atoms with van der Waals surface area (Å²) in [5.74, 6) is -1.23. The number of nitrogens with zero attached hydrogens (tertiary/aromatic N) is 1. The second-order valence-corrected chi connectivity index (χ2v) is 10.5. The summed E-state index contributed by atoms with van der Waals surface area (Å²) in [5.41, 5.74) is 12.3. The summed E-state index contributed by atoms with van der Waals surface area (Å²) in [5, 5.41) is 1.88. The second kappa shape index (κ2) is 10.1. The van der Waals surface area contributed by atoms with Crippen molar-refractivity contribution >= 4 is 39.5 Å². The molecular weight excluding hydrogens is 526 g/mol. The smallest absolute Gasteiger partial charge is 0.286 e. The minimum absolute atomic E-state index is 0.243. The number of para-hydroxylation sites is 1. The lowest BCUT2D eigenvalue weighted by atomic mass is 9.93. The Kier molecular flexibility index (Phi) is 6.09. The first-order valence-electron chi connectivity index (χ1n) is 13.7. The highest BCUT2D eigenvalue weighted by molar-refractivity contribution is 6.04.